The number of anilines is 1. The van der Waals surface area contributed by atoms with Crippen LogP contribution in [0.3, 0.4) is 0 Å². The number of likely N-dealkylation sites (N-methyl/N-ethyl adjacent to an activating group) is 1. The molecule has 1 N–H and O–H groups in total. The molecule has 0 amide bonds. The number of hydrogen-bond acceptors (Lipinski definition) is 7. The fourth-order valence-corrected chi connectivity index (χ4v) is 3.55. The predicted molar refractivity (Wildman–Crippen MR) is 100 cm³/mol. The number of hydrogen-bond donors (Lipinski definition) is 1. The molecular formula is C18H28N6O. The molecule has 0 aliphatic carbocycles. The van der Waals surface area contributed by atoms with Gasteiger partial charge in [0.1, 0.15) is 12.1 Å². The van der Waals surface area contributed by atoms with Gasteiger partial charge >= 0.3 is 0 Å². The second kappa shape index (κ2) is 7.59. The largest absolute Gasteiger partial charge is 0.390 e. The Morgan fingerprint density at radius 3 is 2.56 bits per heavy atom. The molecule has 1 saturated heterocycles. The van der Waals surface area contributed by atoms with Crippen LogP contribution in [0, 0.1) is 13.8 Å². The van der Waals surface area contributed by atoms with E-state index in [0.29, 0.717) is 6.54 Å². The molecule has 2 aromatic rings. The number of pyridine rings is 1. The maximum atomic E-state index is 10.1. The lowest BCUT2D eigenvalue weighted by molar-refractivity contribution is 0.0860. The monoisotopic (exact) mass is 344 g/mol. The third kappa shape index (κ3) is 4.23. The van der Waals surface area contributed by atoms with Crippen LogP contribution in [0.15, 0.2) is 12.4 Å². The average Bonchev–Trinajstić information content (AvgIpc) is 2.54. The summed E-state index contributed by atoms with van der Waals surface area (Å²) in [6.07, 6.45) is 1.30. The van der Waals surface area contributed by atoms with Gasteiger partial charge in [-0.25, -0.2) is 15.0 Å². The van der Waals surface area contributed by atoms with Crippen LogP contribution >= 0.6 is 0 Å². The average molecular weight is 344 g/mol. The van der Waals surface area contributed by atoms with Crippen LogP contribution in [0.1, 0.15) is 11.3 Å². The summed E-state index contributed by atoms with van der Waals surface area (Å²) in [5.74, 6) is 0.975. The Hall–Kier alpha value is -1.83. The van der Waals surface area contributed by atoms with E-state index >= 15 is 0 Å². The minimum atomic E-state index is -0.309. The minimum Gasteiger partial charge on any atom is -0.390 e. The van der Waals surface area contributed by atoms with Crippen LogP contribution in [0.25, 0.3) is 11.0 Å². The van der Waals surface area contributed by atoms with Gasteiger partial charge in [0.2, 0.25) is 0 Å². The second-order valence-corrected chi connectivity index (χ2v) is 7.18. The molecule has 1 aliphatic rings. The maximum Gasteiger partial charge on any atom is 0.165 e. The number of aryl methyl sites for hydroxylation is 2. The molecule has 0 bridgehead atoms. The van der Waals surface area contributed by atoms with Crippen LogP contribution < -0.4 is 4.90 Å². The fraction of sp³-hybridized carbons (Fsp3) is 0.611. The van der Waals surface area contributed by atoms with Gasteiger partial charge in [0.05, 0.1) is 11.5 Å². The quantitative estimate of drug-likeness (QED) is 0.856. The molecule has 7 heteroatoms. The first-order valence-corrected chi connectivity index (χ1v) is 8.83. The van der Waals surface area contributed by atoms with E-state index in [2.05, 4.69) is 37.7 Å². The number of fused-ring (bicyclic) bond motifs is 1. The Balaban J connectivity index is 1.70. The number of piperazine rings is 1. The topological polar surface area (TPSA) is 68.6 Å². The predicted octanol–water partition coefficient (Wildman–Crippen LogP) is 0.686. The van der Waals surface area contributed by atoms with Crippen molar-refractivity contribution >= 4 is 16.9 Å². The van der Waals surface area contributed by atoms with E-state index in [1.54, 1.807) is 6.33 Å². The van der Waals surface area contributed by atoms with Crippen LogP contribution in [0.2, 0.25) is 0 Å². The Morgan fingerprint density at radius 2 is 1.88 bits per heavy atom. The Kier molecular flexibility index (Phi) is 5.46. The molecular weight excluding hydrogens is 316 g/mol. The van der Waals surface area contributed by atoms with Crippen molar-refractivity contribution < 1.29 is 5.11 Å². The number of nitrogens with zero attached hydrogens (tertiary/aromatic N) is 6. The van der Waals surface area contributed by atoms with Gasteiger partial charge < -0.3 is 14.9 Å². The molecule has 3 rings (SSSR count). The van der Waals surface area contributed by atoms with Gasteiger partial charge in [0, 0.05) is 45.0 Å². The van der Waals surface area contributed by atoms with Crippen molar-refractivity contribution in [3.05, 3.63) is 23.7 Å². The third-order valence-electron chi connectivity index (χ3n) is 4.63. The molecule has 0 saturated carbocycles. The summed E-state index contributed by atoms with van der Waals surface area (Å²) >= 11 is 0. The number of aromatic nitrogens is 3. The molecule has 0 aromatic carbocycles. The fourth-order valence-electron chi connectivity index (χ4n) is 3.55. The Morgan fingerprint density at radius 1 is 1.16 bits per heavy atom. The summed E-state index contributed by atoms with van der Waals surface area (Å²) in [5, 5.41) is 11.2. The summed E-state index contributed by atoms with van der Waals surface area (Å²) < 4.78 is 0. The Bertz CT molecular complexity index is 727. The highest BCUT2D eigenvalue weighted by Gasteiger charge is 2.22. The third-order valence-corrected chi connectivity index (χ3v) is 4.63. The van der Waals surface area contributed by atoms with Gasteiger partial charge in [-0.1, -0.05) is 0 Å². The molecule has 0 spiro atoms. The van der Waals surface area contributed by atoms with Crippen molar-refractivity contribution in [3.8, 4) is 0 Å². The zero-order valence-corrected chi connectivity index (χ0v) is 15.6. The van der Waals surface area contributed by atoms with Crippen LogP contribution in [0.4, 0.5) is 5.82 Å². The molecule has 0 unspecified atom stereocenters. The molecule has 3 heterocycles. The number of β-amino-alcohol motifs (C(OH)–C–C–N with tert-alkyl or cyclic N) is 1. The highest BCUT2D eigenvalue weighted by molar-refractivity contribution is 5.90. The number of rotatable bonds is 5. The van der Waals surface area contributed by atoms with Gasteiger partial charge in [-0.15, -0.1) is 0 Å². The van der Waals surface area contributed by atoms with Crippen LogP contribution in [-0.2, 0) is 0 Å². The molecule has 1 fully saturated rings. The SMILES string of the molecule is Cc1cc(C)c2c(N3CCN(C[C@H](O)CN(C)C)CC3)ncnc2n1. The standard InChI is InChI=1S/C18H28N6O/c1-13-9-14(2)21-17-16(13)18(20-12-19-17)24-7-5-23(6-8-24)11-15(25)10-22(3)4/h9,12,15,25H,5-8,10-11H2,1-4H3/t15-/m1/s1. The normalized spacial score (nSPS) is 17.4. The lowest BCUT2D eigenvalue weighted by Crippen LogP contribution is -2.50. The van der Waals surface area contributed by atoms with Crippen molar-refractivity contribution in [2.24, 2.45) is 0 Å². The van der Waals surface area contributed by atoms with E-state index in [0.717, 1.165) is 55.3 Å². The van der Waals surface area contributed by atoms with Crippen molar-refractivity contribution in [3.63, 3.8) is 0 Å². The van der Waals surface area contributed by atoms with E-state index in [9.17, 15) is 5.11 Å². The van der Waals surface area contributed by atoms with Gasteiger partial charge in [-0.2, -0.15) is 0 Å². The maximum absolute atomic E-state index is 10.1. The van der Waals surface area contributed by atoms with Crippen LogP contribution in [-0.4, -0.2) is 89.3 Å². The van der Waals surface area contributed by atoms with Crippen molar-refractivity contribution in [1.82, 2.24) is 24.8 Å². The lowest BCUT2D eigenvalue weighted by atomic mass is 10.1. The summed E-state index contributed by atoms with van der Waals surface area (Å²) in [4.78, 5) is 20.1. The van der Waals surface area contributed by atoms with Crippen LogP contribution in [0.5, 0.6) is 0 Å². The first kappa shape index (κ1) is 18.0. The zero-order valence-electron chi connectivity index (χ0n) is 15.6. The summed E-state index contributed by atoms with van der Waals surface area (Å²) in [6.45, 7) is 9.14. The highest BCUT2D eigenvalue weighted by Crippen LogP contribution is 2.26. The van der Waals surface area contributed by atoms with E-state index in [-0.39, 0.29) is 6.10 Å². The van der Waals surface area contributed by atoms with Crippen molar-refractivity contribution in [2.75, 3.05) is 58.3 Å². The molecule has 25 heavy (non-hydrogen) atoms. The molecule has 7 nitrogen and oxygen atoms in total. The lowest BCUT2D eigenvalue weighted by Gasteiger charge is -2.36. The molecule has 1 aliphatic heterocycles. The number of aliphatic hydroxyl groups excluding tert-OH is 1. The van der Waals surface area contributed by atoms with Crippen molar-refractivity contribution in [2.45, 2.75) is 20.0 Å². The molecule has 0 radical (unpaired) electrons. The smallest absolute Gasteiger partial charge is 0.165 e. The van der Waals surface area contributed by atoms with Gasteiger partial charge in [-0.3, -0.25) is 4.90 Å². The van der Waals surface area contributed by atoms with E-state index in [1.807, 2.05) is 25.9 Å². The summed E-state index contributed by atoms with van der Waals surface area (Å²) in [5.41, 5.74) is 2.92. The first-order valence-electron chi connectivity index (χ1n) is 8.83. The molecule has 2 aromatic heterocycles. The minimum absolute atomic E-state index is 0.309. The van der Waals surface area contributed by atoms with Gasteiger partial charge in [-0.05, 0) is 39.6 Å². The van der Waals surface area contributed by atoms with E-state index < -0.39 is 0 Å². The van der Waals surface area contributed by atoms with E-state index in [1.165, 1.54) is 5.56 Å². The highest BCUT2D eigenvalue weighted by atomic mass is 16.3. The zero-order chi connectivity index (χ0) is 18.0. The van der Waals surface area contributed by atoms with E-state index in [4.69, 9.17) is 0 Å². The van der Waals surface area contributed by atoms with Crippen molar-refractivity contribution in [1.29, 1.82) is 0 Å². The second-order valence-electron chi connectivity index (χ2n) is 7.18. The first-order chi connectivity index (χ1) is 11.9. The number of aliphatic hydroxyl groups is 1. The molecule has 1 atom stereocenters. The summed E-state index contributed by atoms with van der Waals surface area (Å²) in [6, 6.07) is 2.09. The Labute approximate surface area is 149 Å². The van der Waals surface area contributed by atoms with Gasteiger partial charge in [0.15, 0.2) is 5.65 Å². The summed E-state index contributed by atoms with van der Waals surface area (Å²) in [7, 11) is 3.97. The molecule has 136 valence electrons. The van der Waals surface area contributed by atoms with Gasteiger partial charge in [0.25, 0.3) is 0 Å².